The van der Waals surface area contributed by atoms with Crippen molar-refractivity contribution in [2.75, 3.05) is 11.1 Å². The summed E-state index contributed by atoms with van der Waals surface area (Å²) in [7, 11) is 0. The van der Waals surface area contributed by atoms with Crippen LogP contribution >= 0.6 is 11.8 Å². The Morgan fingerprint density at radius 3 is 2.64 bits per heavy atom. The van der Waals surface area contributed by atoms with E-state index in [1.165, 1.54) is 17.3 Å². The third-order valence-electron chi connectivity index (χ3n) is 4.28. The highest BCUT2D eigenvalue weighted by atomic mass is 32.2. The van der Waals surface area contributed by atoms with Gasteiger partial charge in [-0.25, -0.2) is 0 Å². The predicted molar refractivity (Wildman–Crippen MR) is 111 cm³/mol. The summed E-state index contributed by atoms with van der Waals surface area (Å²) < 4.78 is 1.71. The van der Waals surface area contributed by atoms with Gasteiger partial charge in [-0.3, -0.25) is 4.79 Å². The van der Waals surface area contributed by atoms with E-state index in [0.717, 1.165) is 21.8 Å². The molecular weight excluding hydrogens is 370 g/mol. The van der Waals surface area contributed by atoms with Gasteiger partial charge in [-0.05, 0) is 37.6 Å². The summed E-state index contributed by atoms with van der Waals surface area (Å²) in [6.45, 7) is 4.02. The van der Waals surface area contributed by atoms with Gasteiger partial charge in [0, 0.05) is 11.3 Å². The molecule has 4 aromatic rings. The second kappa shape index (κ2) is 7.82. The molecule has 0 fully saturated rings. The lowest BCUT2D eigenvalue weighted by atomic mass is 10.1. The minimum Gasteiger partial charge on any atom is -0.325 e. The number of carbonyl (C=O) groups is 1. The Bertz CT molecular complexity index is 1140. The number of hydrogen-bond donors (Lipinski definition) is 1. The van der Waals surface area contributed by atoms with Crippen LogP contribution in [-0.2, 0) is 4.79 Å². The van der Waals surface area contributed by atoms with Gasteiger partial charge in [-0.2, -0.15) is 9.61 Å². The maximum atomic E-state index is 12.3. The molecule has 7 heteroatoms. The molecule has 1 N–H and O–H groups in total. The Balaban J connectivity index is 1.48. The third-order valence-corrected chi connectivity index (χ3v) is 5.20. The first kappa shape index (κ1) is 18.2. The highest BCUT2D eigenvalue weighted by Crippen LogP contribution is 2.21. The number of aryl methyl sites for hydroxylation is 2. The number of benzene rings is 2. The molecule has 4 rings (SSSR count). The Kier molecular flexibility index (Phi) is 5.08. The second-order valence-corrected chi connectivity index (χ2v) is 7.48. The number of nitrogens with zero attached hydrogens (tertiary/aromatic N) is 4. The van der Waals surface area contributed by atoms with Gasteiger partial charge in [0.05, 0.1) is 5.75 Å². The number of hydrogen-bond acceptors (Lipinski definition) is 5. The van der Waals surface area contributed by atoms with E-state index in [1.807, 2.05) is 68.4 Å². The molecule has 0 aliphatic carbocycles. The quantitative estimate of drug-likeness (QED) is 0.520. The molecule has 1 amide bonds. The second-order valence-electron chi connectivity index (χ2n) is 6.49. The number of amides is 1. The number of thioether (sulfide) groups is 1. The number of rotatable bonds is 5. The van der Waals surface area contributed by atoms with Gasteiger partial charge < -0.3 is 5.32 Å². The first-order valence-corrected chi connectivity index (χ1v) is 9.86. The minimum atomic E-state index is -0.0640. The Morgan fingerprint density at radius 2 is 1.86 bits per heavy atom. The summed E-state index contributed by atoms with van der Waals surface area (Å²) in [5.74, 6) is 0.887. The number of aromatic nitrogens is 4. The van der Waals surface area contributed by atoms with E-state index in [1.54, 1.807) is 4.52 Å². The van der Waals surface area contributed by atoms with E-state index in [-0.39, 0.29) is 11.7 Å². The van der Waals surface area contributed by atoms with Gasteiger partial charge in [-0.1, -0.05) is 59.8 Å². The number of fused-ring (bicyclic) bond motifs is 1. The van der Waals surface area contributed by atoms with Crippen LogP contribution in [0.25, 0.3) is 17.0 Å². The Labute approximate surface area is 167 Å². The molecule has 0 radical (unpaired) electrons. The molecule has 28 heavy (non-hydrogen) atoms. The highest BCUT2D eigenvalue weighted by molar-refractivity contribution is 7.99. The monoisotopic (exact) mass is 389 g/mol. The van der Waals surface area contributed by atoms with Crippen molar-refractivity contribution in [2.24, 2.45) is 0 Å². The van der Waals surface area contributed by atoms with Crippen molar-refractivity contribution in [2.45, 2.75) is 18.9 Å². The van der Waals surface area contributed by atoms with Crippen molar-refractivity contribution in [1.29, 1.82) is 0 Å². The molecule has 0 aliphatic heterocycles. The van der Waals surface area contributed by atoms with Gasteiger partial charge in [-0.15, -0.1) is 10.2 Å². The Hall–Kier alpha value is -3.19. The molecule has 0 aliphatic rings. The lowest BCUT2D eigenvalue weighted by Crippen LogP contribution is -2.15. The third kappa shape index (κ3) is 3.89. The molecule has 6 nitrogen and oxygen atoms in total. The highest BCUT2D eigenvalue weighted by Gasteiger charge is 2.11. The average molecular weight is 389 g/mol. The fraction of sp³-hybridized carbons (Fsp3) is 0.143. The standard InChI is InChI=1S/C21H19N5OS/c1-14-8-9-17(15(2)12-14)22-19(27)13-28-20-11-10-18-23-24-21(26(18)25-20)16-6-4-3-5-7-16/h3-12H,13H2,1-2H3,(H,22,27). The van der Waals surface area contributed by atoms with Crippen molar-refractivity contribution in [3.63, 3.8) is 0 Å². The van der Waals surface area contributed by atoms with Crippen LogP contribution in [0.15, 0.2) is 65.7 Å². The van der Waals surface area contributed by atoms with E-state index in [2.05, 4.69) is 26.7 Å². The number of nitrogens with one attached hydrogen (secondary N) is 1. The maximum absolute atomic E-state index is 12.3. The largest absolute Gasteiger partial charge is 0.325 e. The molecule has 0 bridgehead atoms. The zero-order valence-electron chi connectivity index (χ0n) is 15.6. The van der Waals surface area contributed by atoms with Gasteiger partial charge in [0.1, 0.15) is 5.03 Å². The zero-order valence-corrected chi connectivity index (χ0v) is 16.4. The molecule has 0 saturated heterocycles. The molecule has 0 spiro atoms. The number of carbonyl (C=O) groups excluding carboxylic acids is 1. The molecule has 2 aromatic carbocycles. The first-order chi connectivity index (χ1) is 13.6. The average Bonchev–Trinajstić information content (AvgIpc) is 3.12. The molecule has 140 valence electrons. The van der Waals surface area contributed by atoms with Crippen molar-refractivity contribution < 1.29 is 4.79 Å². The van der Waals surface area contributed by atoms with Gasteiger partial charge >= 0.3 is 0 Å². The lowest BCUT2D eigenvalue weighted by molar-refractivity contribution is -0.113. The normalized spacial score (nSPS) is 10.9. The lowest BCUT2D eigenvalue weighted by Gasteiger charge is -2.09. The summed E-state index contributed by atoms with van der Waals surface area (Å²) in [5, 5.41) is 16.7. The van der Waals surface area contributed by atoms with Crippen LogP contribution in [0, 0.1) is 13.8 Å². The van der Waals surface area contributed by atoms with Gasteiger partial charge in [0.25, 0.3) is 0 Å². The van der Waals surface area contributed by atoms with E-state index in [9.17, 15) is 4.79 Å². The molecule has 2 heterocycles. The Morgan fingerprint density at radius 1 is 1.04 bits per heavy atom. The summed E-state index contributed by atoms with van der Waals surface area (Å²) in [5.41, 5.74) is 4.67. The fourth-order valence-electron chi connectivity index (χ4n) is 2.90. The predicted octanol–water partition coefficient (Wildman–Crippen LogP) is 4.14. The van der Waals surface area contributed by atoms with Crippen LogP contribution < -0.4 is 5.32 Å². The first-order valence-electron chi connectivity index (χ1n) is 8.88. The summed E-state index contributed by atoms with van der Waals surface area (Å²) in [6, 6.07) is 19.5. The SMILES string of the molecule is Cc1ccc(NC(=O)CSc2ccc3nnc(-c4ccccc4)n3n2)c(C)c1. The summed E-state index contributed by atoms with van der Waals surface area (Å²) in [6.07, 6.45) is 0. The van der Waals surface area contributed by atoms with Gasteiger partial charge in [0.2, 0.25) is 5.91 Å². The van der Waals surface area contributed by atoms with Crippen LogP contribution in [0.5, 0.6) is 0 Å². The van der Waals surface area contributed by atoms with Gasteiger partial charge in [0.15, 0.2) is 11.5 Å². The van der Waals surface area contributed by atoms with Crippen LogP contribution in [0.4, 0.5) is 5.69 Å². The van der Waals surface area contributed by atoms with Crippen molar-refractivity contribution in [1.82, 2.24) is 19.8 Å². The smallest absolute Gasteiger partial charge is 0.234 e. The zero-order chi connectivity index (χ0) is 19.5. The molecular formula is C21H19N5OS. The van der Waals surface area contributed by atoms with Crippen LogP contribution in [0.2, 0.25) is 0 Å². The molecule has 0 saturated carbocycles. The molecule has 0 unspecified atom stereocenters. The number of anilines is 1. The van der Waals surface area contributed by atoms with Crippen molar-refractivity contribution in [3.8, 4) is 11.4 Å². The maximum Gasteiger partial charge on any atom is 0.234 e. The topological polar surface area (TPSA) is 72.2 Å². The van der Waals surface area contributed by atoms with E-state index >= 15 is 0 Å². The van der Waals surface area contributed by atoms with E-state index < -0.39 is 0 Å². The van der Waals surface area contributed by atoms with Crippen LogP contribution in [-0.4, -0.2) is 31.5 Å². The van der Waals surface area contributed by atoms with E-state index in [4.69, 9.17) is 0 Å². The molecule has 2 aromatic heterocycles. The van der Waals surface area contributed by atoms with Crippen molar-refractivity contribution >= 4 is 29.0 Å². The van der Waals surface area contributed by atoms with Crippen molar-refractivity contribution in [3.05, 3.63) is 71.8 Å². The minimum absolute atomic E-state index is 0.0640. The van der Waals surface area contributed by atoms with E-state index in [0.29, 0.717) is 11.5 Å². The fourth-order valence-corrected chi connectivity index (χ4v) is 3.55. The summed E-state index contributed by atoms with van der Waals surface area (Å²) in [4.78, 5) is 12.3. The van der Waals surface area contributed by atoms with Crippen LogP contribution in [0.3, 0.4) is 0 Å². The van der Waals surface area contributed by atoms with Crippen LogP contribution in [0.1, 0.15) is 11.1 Å². The molecule has 0 atom stereocenters. The summed E-state index contributed by atoms with van der Waals surface area (Å²) >= 11 is 1.38.